The number of benzene rings is 1. The molecule has 3 heterocycles. The predicted molar refractivity (Wildman–Crippen MR) is 123 cm³/mol. The van der Waals surface area contributed by atoms with Crippen molar-refractivity contribution in [3.8, 4) is 5.75 Å². The summed E-state index contributed by atoms with van der Waals surface area (Å²) in [5.41, 5.74) is 5.09. The van der Waals surface area contributed by atoms with E-state index in [2.05, 4.69) is 10.3 Å². The Labute approximate surface area is 188 Å². The van der Waals surface area contributed by atoms with Gasteiger partial charge in [-0.2, -0.15) is 0 Å². The molecule has 2 aliphatic rings. The maximum atomic E-state index is 15.6. The highest BCUT2D eigenvalue weighted by atomic mass is 19.1. The minimum Gasteiger partial charge on any atom is -0.484 e. The third kappa shape index (κ3) is 3.61. The number of aromatic nitrogens is 2. The van der Waals surface area contributed by atoms with Gasteiger partial charge in [0.05, 0.1) is 23.1 Å². The summed E-state index contributed by atoms with van der Waals surface area (Å²) >= 11 is 0. The number of hydrogen-bond acceptors (Lipinski definition) is 7. The Morgan fingerprint density at radius 3 is 2.85 bits per heavy atom. The number of fused-ring (bicyclic) bond motifs is 3. The van der Waals surface area contributed by atoms with E-state index in [-0.39, 0.29) is 34.7 Å². The molecule has 1 aliphatic carbocycles. The van der Waals surface area contributed by atoms with E-state index in [1.165, 1.54) is 6.20 Å². The highest BCUT2D eigenvalue weighted by molar-refractivity contribution is 6.03. The first-order chi connectivity index (χ1) is 15.9. The van der Waals surface area contributed by atoms with E-state index in [1.54, 1.807) is 10.8 Å². The number of carboxylic acids is 1. The van der Waals surface area contributed by atoms with Crippen LogP contribution in [0.4, 0.5) is 21.6 Å². The molecule has 1 fully saturated rings. The van der Waals surface area contributed by atoms with E-state index in [0.29, 0.717) is 31.0 Å². The molecule has 10 heteroatoms. The summed E-state index contributed by atoms with van der Waals surface area (Å²) in [7, 11) is 0. The second-order valence-corrected chi connectivity index (χ2v) is 8.46. The first kappa shape index (κ1) is 21.0. The normalized spacial score (nSPS) is 17.5. The van der Waals surface area contributed by atoms with Crippen molar-refractivity contribution >= 4 is 34.1 Å². The molecule has 0 spiro atoms. The Morgan fingerprint density at radius 2 is 2.18 bits per heavy atom. The van der Waals surface area contributed by atoms with E-state index in [4.69, 9.17) is 10.5 Å². The molecular weight excluding hydrogens is 429 g/mol. The summed E-state index contributed by atoms with van der Waals surface area (Å²) in [5, 5.41) is 12.6. The van der Waals surface area contributed by atoms with Crippen molar-refractivity contribution in [1.29, 1.82) is 0 Å². The quantitative estimate of drug-likeness (QED) is 0.487. The molecule has 0 saturated heterocycles. The number of ether oxygens (including phenoxy) is 1. The van der Waals surface area contributed by atoms with Crippen LogP contribution in [0.2, 0.25) is 0 Å². The Morgan fingerprint density at radius 1 is 1.39 bits per heavy atom. The van der Waals surface area contributed by atoms with Gasteiger partial charge < -0.3 is 30.4 Å². The minimum absolute atomic E-state index is 0.0141. The topological polar surface area (TPSA) is 123 Å². The SMILES string of the molecule is CC1CN(CCNc2ccccn2)c2c(F)c(N)c3c(=O)c(C(=O)O)cn(C4CC4)c3c2O1. The van der Waals surface area contributed by atoms with Crippen molar-refractivity contribution in [3.63, 3.8) is 0 Å². The summed E-state index contributed by atoms with van der Waals surface area (Å²) in [4.78, 5) is 30.7. The molecule has 9 nitrogen and oxygen atoms in total. The van der Waals surface area contributed by atoms with E-state index in [1.807, 2.05) is 30.0 Å². The number of nitrogens with one attached hydrogen (secondary N) is 1. The number of halogens is 1. The van der Waals surface area contributed by atoms with Gasteiger partial charge in [0.25, 0.3) is 0 Å². The van der Waals surface area contributed by atoms with Crippen molar-refractivity contribution in [1.82, 2.24) is 9.55 Å². The molecule has 0 radical (unpaired) electrons. The molecule has 1 atom stereocenters. The summed E-state index contributed by atoms with van der Waals surface area (Å²) in [6.45, 7) is 3.24. The van der Waals surface area contributed by atoms with Gasteiger partial charge in [0.1, 0.15) is 23.2 Å². The van der Waals surface area contributed by atoms with Gasteiger partial charge in [0.15, 0.2) is 11.6 Å². The van der Waals surface area contributed by atoms with Crippen molar-refractivity contribution in [2.24, 2.45) is 0 Å². The Balaban J connectivity index is 1.64. The summed E-state index contributed by atoms with van der Waals surface area (Å²) in [6, 6.07) is 5.55. The lowest BCUT2D eigenvalue weighted by atomic mass is 10.0. The van der Waals surface area contributed by atoms with Crippen LogP contribution in [0.5, 0.6) is 5.75 Å². The van der Waals surface area contributed by atoms with Gasteiger partial charge in [-0.05, 0) is 31.9 Å². The second kappa shape index (κ2) is 7.95. The number of carboxylic acid groups (broad SMARTS) is 1. The van der Waals surface area contributed by atoms with Crippen molar-refractivity contribution < 1.29 is 19.0 Å². The fourth-order valence-corrected chi connectivity index (χ4v) is 4.38. The zero-order chi connectivity index (χ0) is 23.3. The zero-order valence-electron chi connectivity index (χ0n) is 18.0. The summed E-state index contributed by atoms with van der Waals surface area (Å²) in [6.07, 6.45) is 4.40. The van der Waals surface area contributed by atoms with Crippen LogP contribution in [0.15, 0.2) is 35.4 Å². The number of anilines is 3. The number of rotatable bonds is 6. The van der Waals surface area contributed by atoms with Crippen molar-refractivity contribution in [2.75, 3.05) is 35.6 Å². The first-order valence-corrected chi connectivity index (χ1v) is 10.9. The predicted octanol–water partition coefficient (Wildman–Crippen LogP) is 2.85. The van der Waals surface area contributed by atoms with Crippen LogP contribution in [-0.2, 0) is 0 Å². The van der Waals surface area contributed by atoms with Gasteiger partial charge >= 0.3 is 5.97 Å². The molecule has 0 amide bonds. The highest BCUT2D eigenvalue weighted by Gasteiger charge is 2.36. The van der Waals surface area contributed by atoms with E-state index < -0.39 is 22.8 Å². The monoisotopic (exact) mass is 453 g/mol. The first-order valence-electron chi connectivity index (χ1n) is 10.9. The zero-order valence-corrected chi connectivity index (χ0v) is 18.0. The Hall–Kier alpha value is -3.82. The lowest BCUT2D eigenvalue weighted by molar-refractivity contribution is 0.0694. The average Bonchev–Trinajstić information content (AvgIpc) is 3.62. The Bertz CT molecular complexity index is 1310. The lowest BCUT2D eigenvalue weighted by Gasteiger charge is -2.36. The lowest BCUT2D eigenvalue weighted by Crippen LogP contribution is -2.42. The molecule has 1 unspecified atom stereocenters. The highest BCUT2D eigenvalue weighted by Crippen LogP contribution is 2.47. The van der Waals surface area contributed by atoms with Crippen molar-refractivity contribution in [3.05, 3.63) is 52.2 Å². The molecular formula is C23H24FN5O4. The third-order valence-electron chi connectivity index (χ3n) is 6.01. The fraction of sp³-hybridized carbons (Fsp3) is 0.348. The van der Waals surface area contributed by atoms with Gasteiger partial charge in [-0.1, -0.05) is 6.07 Å². The van der Waals surface area contributed by atoms with Crippen molar-refractivity contribution in [2.45, 2.75) is 31.9 Å². The van der Waals surface area contributed by atoms with E-state index >= 15 is 4.39 Å². The summed E-state index contributed by atoms with van der Waals surface area (Å²) < 4.78 is 23.4. The molecule has 1 aromatic carbocycles. The third-order valence-corrected chi connectivity index (χ3v) is 6.01. The smallest absolute Gasteiger partial charge is 0.341 e. The number of nitrogens with two attached hydrogens (primary N) is 1. The standard InChI is InChI=1S/C23H24FN5O4/c1-12-10-28(9-8-27-15-4-2-3-7-26-15)20-17(24)18(25)16-19(22(20)33-12)29(13-5-6-13)11-14(21(16)30)23(31)32/h2-4,7,11-13H,5-6,8-10,25H2,1H3,(H,26,27)(H,31,32). The maximum absolute atomic E-state index is 15.6. The molecule has 1 aliphatic heterocycles. The largest absolute Gasteiger partial charge is 0.484 e. The minimum atomic E-state index is -1.37. The van der Waals surface area contributed by atoms with Gasteiger partial charge in [-0.25, -0.2) is 14.2 Å². The van der Waals surface area contributed by atoms with E-state index in [0.717, 1.165) is 12.8 Å². The number of nitrogen functional groups attached to an aromatic ring is 1. The number of carbonyl (C=O) groups is 1. The van der Waals surface area contributed by atoms with E-state index in [9.17, 15) is 14.7 Å². The molecule has 33 heavy (non-hydrogen) atoms. The van der Waals surface area contributed by atoms with Gasteiger partial charge in [0.2, 0.25) is 5.43 Å². The van der Waals surface area contributed by atoms with Gasteiger partial charge in [-0.15, -0.1) is 0 Å². The molecule has 1 saturated carbocycles. The Kier molecular flexibility index (Phi) is 5.07. The van der Waals surface area contributed by atoms with Gasteiger partial charge in [0, 0.05) is 31.5 Å². The number of hydrogen-bond donors (Lipinski definition) is 3. The van der Waals surface area contributed by atoms with Crippen LogP contribution in [0.25, 0.3) is 10.9 Å². The second-order valence-electron chi connectivity index (χ2n) is 8.46. The van der Waals surface area contributed by atoms with Crippen LogP contribution in [-0.4, -0.2) is 46.4 Å². The van der Waals surface area contributed by atoms with Crippen LogP contribution < -0.4 is 26.1 Å². The summed E-state index contributed by atoms with van der Waals surface area (Å²) in [5.74, 6) is -1.20. The molecule has 172 valence electrons. The number of pyridine rings is 2. The average molecular weight is 453 g/mol. The van der Waals surface area contributed by atoms with Crippen LogP contribution in [0.3, 0.4) is 0 Å². The maximum Gasteiger partial charge on any atom is 0.341 e. The molecule has 4 N–H and O–H groups in total. The number of aromatic carboxylic acids is 1. The van der Waals surface area contributed by atoms with Gasteiger partial charge in [-0.3, -0.25) is 4.79 Å². The number of nitrogens with zero attached hydrogens (tertiary/aromatic N) is 3. The molecule has 5 rings (SSSR count). The van der Waals surface area contributed by atoms with Crippen LogP contribution in [0.1, 0.15) is 36.2 Å². The fourth-order valence-electron chi connectivity index (χ4n) is 4.38. The molecule has 3 aromatic rings. The molecule has 2 aromatic heterocycles. The van der Waals surface area contributed by atoms with Crippen LogP contribution >= 0.6 is 0 Å². The van der Waals surface area contributed by atoms with Crippen LogP contribution in [0, 0.1) is 5.82 Å². The molecule has 0 bridgehead atoms.